The molecule has 0 amide bonds. The quantitative estimate of drug-likeness (QED) is 0.336. The number of halogens is 1. The van der Waals surface area contributed by atoms with Crippen molar-refractivity contribution in [3.8, 4) is 28.6 Å². The number of nitrogens with zero attached hydrogens (tertiary/aromatic N) is 3. The lowest BCUT2D eigenvalue weighted by Gasteiger charge is -2.07. The fourth-order valence-corrected chi connectivity index (χ4v) is 3.44. The lowest BCUT2D eigenvalue weighted by atomic mass is 10.1. The number of rotatable bonds is 6. The van der Waals surface area contributed by atoms with E-state index in [-0.39, 0.29) is 17.0 Å². The van der Waals surface area contributed by atoms with Gasteiger partial charge < -0.3 is 14.2 Å². The summed E-state index contributed by atoms with van der Waals surface area (Å²) in [4.78, 5) is 29.7. The number of methoxy groups -OCH3 is 2. The lowest BCUT2D eigenvalue weighted by molar-refractivity contribution is 0.0549. The summed E-state index contributed by atoms with van der Waals surface area (Å²) in [5.74, 6) is -0.557. The van der Waals surface area contributed by atoms with Crippen molar-refractivity contribution in [2.45, 2.75) is 0 Å². The highest BCUT2D eigenvalue weighted by Gasteiger charge is 2.31. The van der Waals surface area contributed by atoms with Crippen molar-refractivity contribution in [1.29, 1.82) is 0 Å². The molecule has 166 valence electrons. The Morgan fingerprint density at radius 1 is 0.909 bits per heavy atom. The molecule has 0 radical (unpaired) electrons. The van der Waals surface area contributed by atoms with Crippen LogP contribution in [0.2, 0.25) is 0 Å². The van der Waals surface area contributed by atoms with E-state index in [4.69, 9.17) is 14.2 Å². The minimum absolute atomic E-state index is 0.00730. The Balaban J connectivity index is 1.86. The van der Waals surface area contributed by atoms with Crippen molar-refractivity contribution in [3.63, 3.8) is 0 Å². The standard InChI is InChI=1S/C24H18BrN3O5/c1-31-23(29)20-21(27-28(22(20)24(30)32-2)17-8-4-3-5-9-17)15-7-6-10-18(13-15)33-19-12-11-16(25)14-26-19/h3-14H,1-2H3. The average Bonchev–Trinajstić information content (AvgIpc) is 3.26. The fraction of sp³-hybridized carbons (Fsp3) is 0.0833. The van der Waals surface area contributed by atoms with Crippen LogP contribution in [0.5, 0.6) is 11.6 Å². The topological polar surface area (TPSA) is 92.5 Å². The number of carbonyl (C=O) groups is 2. The first-order valence-corrected chi connectivity index (χ1v) is 10.6. The molecule has 9 heteroatoms. The minimum Gasteiger partial charge on any atom is -0.465 e. The zero-order valence-electron chi connectivity index (χ0n) is 17.7. The molecule has 8 nitrogen and oxygen atoms in total. The first-order chi connectivity index (χ1) is 16.0. The number of hydrogen-bond donors (Lipinski definition) is 0. The Labute approximate surface area is 197 Å². The van der Waals surface area contributed by atoms with Gasteiger partial charge >= 0.3 is 11.9 Å². The average molecular weight is 508 g/mol. The van der Waals surface area contributed by atoms with Gasteiger partial charge in [0.1, 0.15) is 17.0 Å². The number of esters is 2. The first kappa shape index (κ1) is 22.2. The van der Waals surface area contributed by atoms with Gasteiger partial charge in [0.2, 0.25) is 5.88 Å². The summed E-state index contributed by atoms with van der Waals surface area (Å²) in [6.07, 6.45) is 1.62. The molecule has 0 unspecified atom stereocenters. The second kappa shape index (κ2) is 9.66. The fourth-order valence-electron chi connectivity index (χ4n) is 3.21. The summed E-state index contributed by atoms with van der Waals surface area (Å²) in [6.45, 7) is 0. The molecule has 0 saturated heterocycles. The van der Waals surface area contributed by atoms with Gasteiger partial charge in [0.05, 0.1) is 19.9 Å². The molecule has 4 aromatic rings. The van der Waals surface area contributed by atoms with Crippen LogP contribution in [0.15, 0.2) is 77.4 Å². The number of pyridine rings is 1. The molecular formula is C24H18BrN3O5. The monoisotopic (exact) mass is 507 g/mol. The summed E-state index contributed by atoms with van der Waals surface area (Å²) >= 11 is 3.34. The van der Waals surface area contributed by atoms with Crippen molar-refractivity contribution >= 4 is 27.9 Å². The number of ether oxygens (including phenoxy) is 3. The molecule has 2 aromatic carbocycles. The van der Waals surface area contributed by atoms with E-state index in [1.54, 1.807) is 60.8 Å². The molecule has 0 fully saturated rings. The summed E-state index contributed by atoms with van der Waals surface area (Å²) in [7, 11) is 2.48. The molecular weight excluding hydrogens is 490 g/mol. The van der Waals surface area contributed by atoms with E-state index in [2.05, 4.69) is 26.0 Å². The predicted octanol–water partition coefficient (Wildman–Crippen LogP) is 5.06. The Morgan fingerprint density at radius 3 is 2.33 bits per heavy atom. The maximum atomic E-state index is 12.8. The Bertz CT molecular complexity index is 1300. The van der Waals surface area contributed by atoms with Crippen LogP contribution < -0.4 is 4.74 Å². The third-order valence-corrected chi connectivity index (χ3v) is 5.15. The van der Waals surface area contributed by atoms with Gasteiger partial charge in [0.25, 0.3) is 0 Å². The van der Waals surface area contributed by atoms with E-state index < -0.39 is 11.9 Å². The van der Waals surface area contributed by atoms with E-state index >= 15 is 0 Å². The molecule has 2 heterocycles. The van der Waals surface area contributed by atoms with Crippen LogP contribution in [-0.4, -0.2) is 40.9 Å². The number of hydrogen-bond acceptors (Lipinski definition) is 7. The molecule has 0 aliphatic carbocycles. The zero-order chi connectivity index (χ0) is 23.4. The summed E-state index contributed by atoms with van der Waals surface area (Å²) in [5.41, 5.74) is 1.34. The van der Waals surface area contributed by atoms with Gasteiger partial charge in [-0.2, -0.15) is 5.10 Å². The van der Waals surface area contributed by atoms with E-state index in [1.807, 2.05) is 12.1 Å². The van der Waals surface area contributed by atoms with Gasteiger partial charge in [-0.3, -0.25) is 0 Å². The maximum Gasteiger partial charge on any atom is 0.357 e. The molecule has 0 spiro atoms. The van der Waals surface area contributed by atoms with E-state index in [1.165, 1.54) is 18.9 Å². The molecule has 4 rings (SSSR count). The normalized spacial score (nSPS) is 10.5. The van der Waals surface area contributed by atoms with Gasteiger partial charge in [-0.05, 0) is 46.3 Å². The van der Waals surface area contributed by atoms with Crippen LogP contribution in [0.3, 0.4) is 0 Å². The van der Waals surface area contributed by atoms with Crippen molar-refractivity contribution in [3.05, 3.63) is 88.7 Å². The maximum absolute atomic E-state index is 12.8. The summed E-state index contributed by atoms with van der Waals surface area (Å²) in [5, 5.41) is 4.59. The van der Waals surface area contributed by atoms with Gasteiger partial charge in [-0.1, -0.05) is 30.3 Å². The molecule has 0 N–H and O–H groups in total. The highest BCUT2D eigenvalue weighted by molar-refractivity contribution is 9.10. The Kier molecular flexibility index (Phi) is 6.50. The van der Waals surface area contributed by atoms with Crippen LogP contribution in [0.25, 0.3) is 16.9 Å². The van der Waals surface area contributed by atoms with Gasteiger partial charge in [-0.15, -0.1) is 0 Å². The van der Waals surface area contributed by atoms with Crippen LogP contribution in [0, 0.1) is 0 Å². The van der Waals surface area contributed by atoms with E-state index in [0.717, 1.165) is 4.47 Å². The number of benzene rings is 2. The number of carbonyl (C=O) groups excluding carboxylic acids is 2. The second-order valence-electron chi connectivity index (χ2n) is 6.75. The molecule has 0 aliphatic heterocycles. The highest BCUT2D eigenvalue weighted by atomic mass is 79.9. The molecule has 0 saturated carbocycles. The second-order valence-corrected chi connectivity index (χ2v) is 7.66. The zero-order valence-corrected chi connectivity index (χ0v) is 19.3. The Hall–Kier alpha value is -3.98. The SMILES string of the molecule is COC(=O)c1c(-c2cccc(Oc3ccc(Br)cn3)c2)nn(-c2ccccc2)c1C(=O)OC. The van der Waals surface area contributed by atoms with Crippen molar-refractivity contribution in [2.75, 3.05) is 14.2 Å². The third-order valence-electron chi connectivity index (χ3n) is 4.68. The van der Waals surface area contributed by atoms with Crippen molar-refractivity contribution in [1.82, 2.24) is 14.8 Å². The summed E-state index contributed by atoms with van der Waals surface area (Å²) < 4.78 is 18.0. The smallest absolute Gasteiger partial charge is 0.357 e. The highest BCUT2D eigenvalue weighted by Crippen LogP contribution is 2.32. The van der Waals surface area contributed by atoms with Crippen LogP contribution in [0.1, 0.15) is 20.8 Å². The van der Waals surface area contributed by atoms with E-state index in [0.29, 0.717) is 22.9 Å². The predicted molar refractivity (Wildman–Crippen MR) is 124 cm³/mol. The molecule has 0 atom stereocenters. The third kappa shape index (κ3) is 4.63. The minimum atomic E-state index is -0.718. The number of para-hydroxylation sites is 1. The van der Waals surface area contributed by atoms with Crippen LogP contribution in [0.4, 0.5) is 0 Å². The van der Waals surface area contributed by atoms with E-state index in [9.17, 15) is 9.59 Å². The largest absolute Gasteiger partial charge is 0.465 e. The van der Waals surface area contributed by atoms with Gasteiger partial charge in [0.15, 0.2) is 5.69 Å². The van der Waals surface area contributed by atoms with Crippen LogP contribution in [-0.2, 0) is 9.47 Å². The molecule has 0 bridgehead atoms. The van der Waals surface area contributed by atoms with Crippen molar-refractivity contribution < 1.29 is 23.8 Å². The molecule has 33 heavy (non-hydrogen) atoms. The molecule has 2 aromatic heterocycles. The van der Waals surface area contributed by atoms with Gasteiger partial charge in [-0.25, -0.2) is 19.3 Å². The number of aromatic nitrogens is 3. The molecule has 0 aliphatic rings. The van der Waals surface area contributed by atoms with Crippen molar-refractivity contribution in [2.24, 2.45) is 0 Å². The Morgan fingerprint density at radius 2 is 1.67 bits per heavy atom. The van der Waals surface area contributed by atoms with Crippen LogP contribution >= 0.6 is 15.9 Å². The first-order valence-electron chi connectivity index (χ1n) is 9.76. The summed E-state index contributed by atoms with van der Waals surface area (Å²) in [6, 6.07) is 19.5. The lowest BCUT2D eigenvalue weighted by Crippen LogP contribution is -2.15. The van der Waals surface area contributed by atoms with Gasteiger partial charge in [0, 0.05) is 22.3 Å².